The summed E-state index contributed by atoms with van der Waals surface area (Å²) in [5.41, 5.74) is 5.00. The van der Waals surface area contributed by atoms with Crippen LogP contribution in [-0.4, -0.2) is 0 Å². The van der Waals surface area contributed by atoms with E-state index in [0.29, 0.717) is 0 Å². The van der Waals surface area contributed by atoms with E-state index < -0.39 is 0 Å². The third kappa shape index (κ3) is 2.82. The summed E-state index contributed by atoms with van der Waals surface area (Å²) < 4.78 is 2.68. The Morgan fingerprint density at radius 3 is 1.88 bits per heavy atom. The molecule has 0 aliphatic carbocycles. The van der Waals surface area contributed by atoms with E-state index in [9.17, 15) is 0 Å². The Hall–Kier alpha value is -3.68. The van der Waals surface area contributed by atoms with Crippen molar-refractivity contribution < 1.29 is 0 Å². The molecule has 0 spiro atoms. The quantitative estimate of drug-likeness (QED) is 0.195. The minimum Gasteiger partial charge on any atom is -0.135 e. The van der Waals surface area contributed by atoms with Gasteiger partial charge in [-0.25, -0.2) is 0 Å². The van der Waals surface area contributed by atoms with Gasteiger partial charge in [0.2, 0.25) is 0 Å². The molecule has 0 nitrogen and oxygen atoms in total. The number of rotatable bonds is 3. The third-order valence-electron chi connectivity index (χ3n) is 6.41. The SMILES string of the molecule is C=Cc1c(/C=C(\C)c2cccc3sc4ccccc4c23)c2ccccc2c2ccccc12. The smallest absolute Gasteiger partial charge is 0.0361 e. The highest BCUT2D eigenvalue weighted by atomic mass is 32.1. The molecule has 32 heavy (non-hydrogen) atoms. The fourth-order valence-electron chi connectivity index (χ4n) is 4.97. The summed E-state index contributed by atoms with van der Waals surface area (Å²) in [7, 11) is 0. The molecule has 0 radical (unpaired) electrons. The van der Waals surface area contributed by atoms with Crippen LogP contribution in [0.25, 0.3) is 59.4 Å². The Labute approximate surface area is 191 Å². The Kier molecular flexibility index (Phi) is 4.45. The van der Waals surface area contributed by atoms with Crippen LogP contribution >= 0.6 is 11.3 Å². The monoisotopic (exact) mass is 426 g/mol. The van der Waals surface area contributed by atoms with Crippen molar-refractivity contribution in [1.82, 2.24) is 0 Å². The van der Waals surface area contributed by atoms with Gasteiger partial charge in [-0.2, -0.15) is 0 Å². The highest BCUT2D eigenvalue weighted by Crippen LogP contribution is 2.40. The second kappa shape index (κ2) is 7.47. The topological polar surface area (TPSA) is 0 Å². The molecule has 0 atom stereocenters. The van der Waals surface area contributed by atoms with Crippen molar-refractivity contribution in [2.45, 2.75) is 6.92 Å². The van der Waals surface area contributed by atoms with E-state index in [-0.39, 0.29) is 0 Å². The predicted octanol–water partition coefficient (Wildman–Crippen LogP) is 9.56. The largest absolute Gasteiger partial charge is 0.135 e. The molecule has 6 aromatic rings. The van der Waals surface area contributed by atoms with E-state index in [0.717, 1.165) is 0 Å². The average Bonchev–Trinajstić information content (AvgIpc) is 3.23. The minimum atomic E-state index is 1.20. The molecule has 0 saturated heterocycles. The van der Waals surface area contributed by atoms with Gasteiger partial charge < -0.3 is 0 Å². The molecule has 5 aromatic carbocycles. The van der Waals surface area contributed by atoms with Gasteiger partial charge in [-0.3, -0.25) is 0 Å². The zero-order valence-corrected chi connectivity index (χ0v) is 18.7. The molecule has 0 unspecified atom stereocenters. The maximum absolute atomic E-state index is 4.18. The lowest BCUT2D eigenvalue weighted by Gasteiger charge is -2.14. The summed E-state index contributed by atoms with van der Waals surface area (Å²) in [6, 6.07) is 32.7. The van der Waals surface area contributed by atoms with Gasteiger partial charge in [0.15, 0.2) is 0 Å². The first-order valence-corrected chi connectivity index (χ1v) is 11.7. The predicted molar refractivity (Wildman–Crippen MR) is 144 cm³/mol. The molecular weight excluding hydrogens is 404 g/mol. The lowest BCUT2D eigenvalue weighted by molar-refractivity contribution is 1.65. The molecule has 0 N–H and O–H groups in total. The van der Waals surface area contributed by atoms with Gasteiger partial charge in [-0.15, -0.1) is 11.3 Å². The van der Waals surface area contributed by atoms with Gasteiger partial charge in [0.25, 0.3) is 0 Å². The van der Waals surface area contributed by atoms with Crippen LogP contribution in [0.3, 0.4) is 0 Å². The Bertz CT molecular complexity index is 1690. The van der Waals surface area contributed by atoms with Crippen LogP contribution in [0.1, 0.15) is 23.6 Å². The summed E-state index contributed by atoms with van der Waals surface area (Å²) in [5, 5.41) is 7.77. The maximum atomic E-state index is 4.18. The number of hydrogen-bond donors (Lipinski definition) is 0. The van der Waals surface area contributed by atoms with E-state index in [2.05, 4.69) is 111 Å². The first-order valence-electron chi connectivity index (χ1n) is 10.9. The number of thiophene rings is 1. The average molecular weight is 427 g/mol. The molecule has 0 bridgehead atoms. The Balaban J connectivity index is 1.69. The van der Waals surface area contributed by atoms with Gasteiger partial charge in [0.1, 0.15) is 0 Å². The van der Waals surface area contributed by atoms with Gasteiger partial charge in [-0.1, -0.05) is 97.6 Å². The van der Waals surface area contributed by atoms with E-state index in [1.165, 1.54) is 64.0 Å². The third-order valence-corrected chi connectivity index (χ3v) is 7.54. The van der Waals surface area contributed by atoms with E-state index in [1.807, 2.05) is 17.4 Å². The summed E-state index contributed by atoms with van der Waals surface area (Å²) in [5.74, 6) is 0. The Morgan fingerprint density at radius 1 is 0.625 bits per heavy atom. The number of hydrogen-bond acceptors (Lipinski definition) is 1. The summed E-state index contributed by atoms with van der Waals surface area (Å²) in [6.45, 7) is 6.42. The van der Waals surface area contributed by atoms with Crippen molar-refractivity contribution >= 4 is 70.8 Å². The van der Waals surface area contributed by atoms with Crippen molar-refractivity contribution in [1.29, 1.82) is 0 Å². The van der Waals surface area contributed by atoms with Crippen molar-refractivity contribution in [3.63, 3.8) is 0 Å². The molecule has 0 aliphatic rings. The second-order valence-corrected chi connectivity index (χ2v) is 9.31. The molecule has 6 rings (SSSR count). The molecule has 0 saturated carbocycles. The molecule has 1 heteroatoms. The van der Waals surface area contributed by atoms with Crippen molar-refractivity contribution in [2.24, 2.45) is 0 Å². The lowest BCUT2D eigenvalue weighted by Crippen LogP contribution is -1.90. The normalized spacial score (nSPS) is 12.2. The zero-order chi connectivity index (χ0) is 21.7. The second-order valence-electron chi connectivity index (χ2n) is 8.23. The first-order chi connectivity index (χ1) is 15.8. The summed E-state index contributed by atoms with van der Waals surface area (Å²) in [4.78, 5) is 0. The summed E-state index contributed by atoms with van der Waals surface area (Å²) >= 11 is 1.87. The van der Waals surface area contributed by atoms with Crippen LogP contribution in [0, 0.1) is 0 Å². The van der Waals surface area contributed by atoms with Crippen molar-refractivity contribution in [3.8, 4) is 0 Å². The van der Waals surface area contributed by atoms with Crippen LogP contribution in [-0.2, 0) is 0 Å². The molecule has 0 aliphatic heterocycles. The van der Waals surface area contributed by atoms with E-state index >= 15 is 0 Å². The van der Waals surface area contributed by atoms with E-state index in [4.69, 9.17) is 0 Å². The van der Waals surface area contributed by atoms with Gasteiger partial charge in [0, 0.05) is 20.2 Å². The van der Waals surface area contributed by atoms with Crippen molar-refractivity contribution in [2.75, 3.05) is 0 Å². The first kappa shape index (κ1) is 19.0. The number of fused-ring (bicyclic) bond motifs is 6. The van der Waals surface area contributed by atoms with E-state index in [1.54, 1.807) is 0 Å². The highest BCUT2D eigenvalue weighted by molar-refractivity contribution is 7.25. The van der Waals surface area contributed by atoms with Gasteiger partial charge >= 0.3 is 0 Å². The molecular formula is C31H22S. The molecule has 0 fully saturated rings. The standard InChI is InChI=1S/C31H22S/c1-3-21-23-11-4-5-12-24(23)25-13-6-7-14-26(25)28(21)19-20(2)22-16-10-18-30-31(22)27-15-8-9-17-29(27)32-30/h3-19H,1H2,2H3/b20-19+. The minimum absolute atomic E-state index is 1.20. The highest BCUT2D eigenvalue weighted by Gasteiger charge is 2.13. The molecule has 1 heterocycles. The molecule has 0 amide bonds. The fraction of sp³-hybridized carbons (Fsp3) is 0.0323. The number of allylic oxidation sites excluding steroid dienone is 1. The van der Waals surface area contributed by atoms with Gasteiger partial charge in [0.05, 0.1) is 0 Å². The number of benzene rings is 5. The lowest BCUT2D eigenvalue weighted by atomic mass is 9.89. The maximum Gasteiger partial charge on any atom is 0.0361 e. The van der Waals surface area contributed by atoms with Crippen LogP contribution in [0.15, 0.2) is 97.6 Å². The molecule has 1 aromatic heterocycles. The van der Waals surface area contributed by atoms with Crippen LogP contribution in [0.4, 0.5) is 0 Å². The summed E-state index contributed by atoms with van der Waals surface area (Å²) in [6.07, 6.45) is 4.36. The molecule has 152 valence electrons. The van der Waals surface area contributed by atoms with Crippen LogP contribution in [0.5, 0.6) is 0 Å². The zero-order valence-electron chi connectivity index (χ0n) is 17.9. The van der Waals surface area contributed by atoms with Gasteiger partial charge in [-0.05, 0) is 62.9 Å². The van der Waals surface area contributed by atoms with Crippen molar-refractivity contribution in [3.05, 3.63) is 114 Å². The Morgan fingerprint density at radius 2 is 1.19 bits per heavy atom. The van der Waals surface area contributed by atoms with Crippen LogP contribution in [0.2, 0.25) is 0 Å². The fourth-order valence-corrected chi connectivity index (χ4v) is 6.10. The van der Waals surface area contributed by atoms with Crippen LogP contribution < -0.4 is 0 Å².